The second-order valence-corrected chi connectivity index (χ2v) is 6.60. The summed E-state index contributed by atoms with van der Waals surface area (Å²) in [6.45, 7) is 5.65. The van der Waals surface area contributed by atoms with Crippen LogP contribution in [0.25, 0.3) is 0 Å². The minimum absolute atomic E-state index is 0.0658. The van der Waals surface area contributed by atoms with Crippen molar-refractivity contribution in [1.29, 1.82) is 0 Å². The Morgan fingerprint density at radius 1 is 1.15 bits per heavy atom. The molecule has 1 aliphatic heterocycles. The molecule has 1 aliphatic rings. The monoisotopic (exact) mass is 355 g/mol. The molecule has 0 spiro atoms. The van der Waals surface area contributed by atoms with E-state index in [9.17, 15) is 5.11 Å². The maximum Gasteiger partial charge on any atom is 0.136 e. The lowest BCUT2D eigenvalue weighted by molar-refractivity contribution is -0.940. The van der Waals surface area contributed by atoms with Gasteiger partial charge in [0.1, 0.15) is 36.7 Å². The van der Waals surface area contributed by atoms with Crippen LogP contribution in [0, 0.1) is 0 Å². The van der Waals surface area contributed by atoms with Crippen LogP contribution in [0.4, 0.5) is 0 Å². The van der Waals surface area contributed by atoms with Gasteiger partial charge in [0.05, 0.1) is 20.3 Å². The van der Waals surface area contributed by atoms with Gasteiger partial charge < -0.3 is 19.5 Å². The van der Waals surface area contributed by atoms with Crippen LogP contribution in [0.2, 0.25) is 0 Å². The molecule has 0 radical (unpaired) electrons. The normalized spacial score (nSPS) is 17.9. The van der Waals surface area contributed by atoms with Crippen molar-refractivity contribution in [2.75, 3.05) is 33.4 Å². The molecular formula is C21H27N2O3+. The van der Waals surface area contributed by atoms with Gasteiger partial charge in [-0.1, -0.05) is 30.3 Å². The van der Waals surface area contributed by atoms with Gasteiger partial charge in [0, 0.05) is 17.3 Å². The minimum Gasteiger partial charge on any atom is -0.507 e. The van der Waals surface area contributed by atoms with Crippen molar-refractivity contribution in [3.8, 4) is 11.5 Å². The van der Waals surface area contributed by atoms with Gasteiger partial charge in [0.25, 0.3) is 0 Å². The molecule has 2 atom stereocenters. The zero-order valence-electron chi connectivity index (χ0n) is 15.4. The Labute approximate surface area is 154 Å². The summed E-state index contributed by atoms with van der Waals surface area (Å²) < 4.78 is 10.8. The molecule has 0 bridgehead atoms. The highest BCUT2D eigenvalue weighted by molar-refractivity contribution is 5.84. The van der Waals surface area contributed by atoms with E-state index in [1.807, 2.05) is 6.07 Å². The third-order valence-corrected chi connectivity index (χ3v) is 4.90. The molecule has 0 aromatic heterocycles. The first-order valence-corrected chi connectivity index (χ1v) is 9.06. The molecule has 2 aromatic rings. The van der Waals surface area contributed by atoms with Gasteiger partial charge in [-0.25, -0.2) is 0 Å². The third kappa shape index (κ3) is 4.42. The molecule has 5 heteroatoms. The standard InChI is InChI=1S/C21H26N2O3/c1-16(22-15-18-14-19(25-2)8-9-20(18)24)21(17-6-4-3-5-7-17)23-10-12-26-13-11-23/h3-9,14-16,21,24H,10-13H2,1-2H3/p+1/t16-,21-/m1/s1. The number of phenols is 1. The van der Waals surface area contributed by atoms with Crippen molar-refractivity contribution in [2.24, 2.45) is 4.99 Å². The molecule has 1 saturated heterocycles. The first-order valence-electron chi connectivity index (χ1n) is 9.06. The van der Waals surface area contributed by atoms with Crippen LogP contribution in [-0.4, -0.2) is 50.8 Å². The van der Waals surface area contributed by atoms with Crippen LogP contribution >= 0.6 is 0 Å². The molecule has 1 fully saturated rings. The predicted octanol–water partition coefficient (Wildman–Crippen LogP) is 1.86. The smallest absolute Gasteiger partial charge is 0.136 e. The summed E-state index contributed by atoms with van der Waals surface area (Å²) in [5, 5.41) is 10.1. The first kappa shape index (κ1) is 18.4. The number of methoxy groups -OCH3 is 1. The number of rotatable bonds is 6. The number of nitrogens with zero attached hydrogens (tertiary/aromatic N) is 1. The van der Waals surface area contributed by atoms with E-state index in [-0.39, 0.29) is 17.8 Å². The third-order valence-electron chi connectivity index (χ3n) is 4.90. The fourth-order valence-corrected chi connectivity index (χ4v) is 3.51. The summed E-state index contributed by atoms with van der Waals surface area (Å²) in [7, 11) is 1.61. The van der Waals surface area contributed by atoms with Crippen LogP contribution < -0.4 is 9.64 Å². The molecule has 2 aromatic carbocycles. The molecular weight excluding hydrogens is 328 g/mol. The van der Waals surface area contributed by atoms with E-state index in [0.29, 0.717) is 11.3 Å². The van der Waals surface area contributed by atoms with E-state index in [0.717, 1.165) is 26.3 Å². The second-order valence-electron chi connectivity index (χ2n) is 6.60. The van der Waals surface area contributed by atoms with Gasteiger partial charge in [-0.3, -0.25) is 4.99 Å². The maximum atomic E-state index is 10.1. The lowest BCUT2D eigenvalue weighted by atomic mass is 9.98. The lowest BCUT2D eigenvalue weighted by Gasteiger charge is -2.33. The summed E-state index contributed by atoms with van der Waals surface area (Å²) in [5.74, 6) is 0.909. The van der Waals surface area contributed by atoms with Crippen LogP contribution in [0.15, 0.2) is 53.5 Å². The number of hydrogen-bond donors (Lipinski definition) is 2. The van der Waals surface area contributed by atoms with Crippen molar-refractivity contribution >= 4 is 6.21 Å². The van der Waals surface area contributed by atoms with E-state index in [2.05, 4.69) is 31.2 Å². The molecule has 0 saturated carbocycles. The molecule has 0 amide bonds. The van der Waals surface area contributed by atoms with Crippen molar-refractivity contribution in [3.05, 3.63) is 59.7 Å². The highest BCUT2D eigenvalue weighted by Crippen LogP contribution is 2.22. The second kappa shape index (κ2) is 8.83. The summed E-state index contributed by atoms with van der Waals surface area (Å²) in [5.41, 5.74) is 1.95. The van der Waals surface area contributed by atoms with Crippen molar-refractivity contribution < 1.29 is 19.5 Å². The number of quaternary nitrogens is 1. The van der Waals surface area contributed by atoms with Gasteiger partial charge in [0.2, 0.25) is 0 Å². The molecule has 0 unspecified atom stereocenters. The highest BCUT2D eigenvalue weighted by Gasteiger charge is 2.30. The lowest BCUT2D eigenvalue weighted by Crippen LogP contribution is -3.15. The molecule has 0 aliphatic carbocycles. The molecule has 2 N–H and O–H groups in total. The van der Waals surface area contributed by atoms with E-state index in [1.54, 1.807) is 31.5 Å². The number of aromatic hydroxyl groups is 1. The Bertz CT molecular complexity index is 727. The molecule has 26 heavy (non-hydrogen) atoms. The zero-order chi connectivity index (χ0) is 18.4. The Morgan fingerprint density at radius 3 is 2.58 bits per heavy atom. The van der Waals surface area contributed by atoms with Gasteiger partial charge in [0.15, 0.2) is 0 Å². The maximum absolute atomic E-state index is 10.1. The average molecular weight is 355 g/mol. The molecule has 138 valence electrons. The largest absolute Gasteiger partial charge is 0.507 e. The van der Waals surface area contributed by atoms with Gasteiger partial charge in [-0.15, -0.1) is 0 Å². The Hall–Kier alpha value is -2.37. The Balaban J connectivity index is 1.84. The minimum atomic E-state index is 0.0658. The topological polar surface area (TPSA) is 55.5 Å². The van der Waals surface area contributed by atoms with E-state index >= 15 is 0 Å². The van der Waals surface area contributed by atoms with Crippen LogP contribution in [0.3, 0.4) is 0 Å². The molecule has 5 nitrogen and oxygen atoms in total. The number of phenolic OH excluding ortho intramolecular Hbond substituents is 1. The number of morpholine rings is 1. The zero-order valence-corrected chi connectivity index (χ0v) is 15.4. The molecule has 1 heterocycles. The van der Waals surface area contributed by atoms with Crippen LogP contribution in [-0.2, 0) is 4.74 Å². The van der Waals surface area contributed by atoms with E-state index < -0.39 is 0 Å². The van der Waals surface area contributed by atoms with Gasteiger partial charge in [-0.2, -0.15) is 0 Å². The summed E-state index contributed by atoms with van der Waals surface area (Å²) in [6, 6.07) is 16.0. The SMILES string of the molecule is COc1ccc(O)c(C=N[C@H](C)[C@H](c2ccccc2)[NH+]2CCOCC2)c1. The van der Waals surface area contributed by atoms with Crippen molar-refractivity contribution in [3.63, 3.8) is 0 Å². The van der Waals surface area contributed by atoms with Crippen molar-refractivity contribution in [2.45, 2.75) is 19.0 Å². The van der Waals surface area contributed by atoms with Crippen molar-refractivity contribution in [1.82, 2.24) is 0 Å². The summed E-state index contributed by atoms with van der Waals surface area (Å²) >= 11 is 0. The summed E-state index contributed by atoms with van der Waals surface area (Å²) in [6.07, 6.45) is 1.75. The van der Waals surface area contributed by atoms with Gasteiger partial charge >= 0.3 is 0 Å². The van der Waals surface area contributed by atoms with E-state index in [1.165, 1.54) is 10.5 Å². The number of hydrogen-bond acceptors (Lipinski definition) is 4. The summed E-state index contributed by atoms with van der Waals surface area (Å²) in [4.78, 5) is 6.27. The molecule has 3 rings (SSSR count). The average Bonchev–Trinajstić information content (AvgIpc) is 2.69. The Kier molecular flexibility index (Phi) is 6.26. The van der Waals surface area contributed by atoms with Gasteiger partial charge in [-0.05, 0) is 25.1 Å². The first-order chi connectivity index (χ1) is 12.7. The number of aliphatic imine (C=N–C) groups is 1. The van der Waals surface area contributed by atoms with E-state index in [4.69, 9.17) is 14.5 Å². The highest BCUT2D eigenvalue weighted by atomic mass is 16.5. The van der Waals surface area contributed by atoms with Crippen LogP contribution in [0.1, 0.15) is 24.1 Å². The number of ether oxygens (including phenoxy) is 2. The fraction of sp³-hybridized carbons (Fsp3) is 0.381. The van der Waals surface area contributed by atoms with Crippen LogP contribution in [0.5, 0.6) is 11.5 Å². The fourth-order valence-electron chi connectivity index (χ4n) is 3.51. The Morgan fingerprint density at radius 2 is 1.88 bits per heavy atom. The quantitative estimate of drug-likeness (QED) is 0.778. The number of benzene rings is 2. The predicted molar refractivity (Wildman–Crippen MR) is 102 cm³/mol. The number of nitrogens with one attached hydrogen (secondary N) is 1.